The zero-order chi connectivity index (χ0) is 15.9. The molecule has 0 aliphatic carbocycles. The Labute approximate surface area is 155 Å². The molecule has 0 amide bonds. The second kappa shape index (κ2) is 9.54. The lowest BCUT2D eigenvalue weighted by Gasteiger charge is -2.20. The van der Waals surface area contributed by atoms with E-state index in [-0.39, 0.29) is 24.0 Å². The van der Waals surface area contributed by atoms with Crippen molar-refractivity contribution in [3.63, 3.8) is 0 Å². The van der Waals surface area contributed by atoms with Gasteiger partial charge in [0, 0.05) is 19.3 Å². The fraction of sp³-hybridized carbons (Fsp3) is 0.412. The molecule has 1 atom stereocenters. The second-order valence-electron chi connectivity index (χ2n) is 5.69. The molecular formula is C17H26IN5. The highest BCUT2D eigenvalue weighted by Crippen LogP contribution is 2.06. The smallest absolute Gasteiger partial charge is 0.191 e. The number of hydrogen-bond acceptors (Lipinski definition) is 2. The molecule has 23 heavy (non-hydrogen) atoms. The van der Waals surface area contributed by atoms with Gasteiger partial charge in [0.25, 0.3) is 0 Å². The number of guanidine groups is 1. The molecule has 5 nitrogen and oxygen atoms in total. The van der Waals surface area contributed by atoms with Crippen LogP contribution in [0.3, 0.4) is 0 Å². The van der Waals surface area contributed by atoms with Crippen molar-refractivity contribution in [3.8, 4) is 5.69 Å². The summed E-state index contributed by atoms with van der Waals surface area (Å²) in [6, 6.07) is 12.5. The summed E-state index contributed by atoms with van der Waals surface area (Å²) in [5.41, 5.74) is 2.04. The summed E-state index contributed by atoms with van der Waals surface area (Å²) in [7, 11) is 1.78. The lowest BCUT2D eigenvalue weighted by Crippen LogP contribution is -2.43. The summed E-state index contributed by atoms with van der Waals surface area (Å²) in [5.74, 6) is 1.35. The van der Waals surface area contributed by atoms with Gasteiger partial charge in [0.2, 0.25) is 0 Å². The predicted octanol–water partition coefficient (Wildman–Crippen LogP) is 3.20. The van der Waals surface area contributed by atoms with Crippen molar-refractivity contribution in [2.24, 2.45) is 10.9 Å². The Bertz CT molecular complexity index is 606. The average molecular weight is 427 g/mol. The van der Waals surface area contributed by atoms with Crippen LogP contribution >= 0.6 is 24.0 Å². The number of hydrogen-bond donors (Lipinski definition) is 2. The summed E-state index contributed by atoms with van der Waals surface area (Å²) in [5, 5.41) is 11.3. The maximum absolute atomic E-state index is 4.57. The van der Waals surface area contributed by atoms with Crippen molar-refractivity contribution in [1.29, 1.82) is 0 Å². The lowest BCUT2D eigenvalue weighted by atomic mass is 10.1. The minimum Gasteiger partial charge on any atom is -0.354 e. The molecule has 1 aromatic heterocycles. The summed E-state index contributed by atoms with van der Waals surface area (Å²) < 4.78 is 1.88. The van der Waals surface area contributed by atoms with Gasteiger partial charge in [0.05, 0.1) is 17.9 Å². The van der Waals surface area contributed by atoms with E-state index in [4.69, 9.17) is 0 Å². The highest BCUT2D eigenvalue weighted by molar-refractivity contribution is 14.0. The normalized spacial score (nSPS) is 12.7. The zero-order valence-corrected chi connectivity index (χ0v) is 16.5. The number of nitrogens with zero attached hydrogens (tertiary/aromatic N) is 3. The van der Waals surface area contributed by atoms with Gasteiger partial charge in [-0.1, -0.05) is 32.0 Å². The molecule has 0 bridgehead atoms. The summed E-state index contributed by atoms with van der Waals surface area (Å²) in [6.07, 6.45) is 1.97. The zero-order valence-electron chi connectivity index (χ0n) is 14.2. The lowest BCUT2D eigenvalue weighted by molar-refractivity contribution is 0.480. The number of nitrogens with one attached hydrogen (secondary N) is 2. The number of halogens is 1. The van der Waals surface area contributed by atoms with E-state index in [1.54, 1.807) is 7.05 Å². The fourth-order valence-corrected chi connectivity index (χ4v) is 1.93. The maximum Gasteiger partial charge on any atom is 0.191 e. The van der Waals surface area contributed by atoms with Crippen LogP contribution in [0.5, 0.6) is 0 Å². The Morgan fingerprint density at radius 2 is 1.87 bits per heavy atom. The number of aromatic nitrogens is 2. The molecule has 2 N–H and O–H groups in total. The third-order valence-electron chi connectivity index (χ3n) is 3.69. The van der Waals surface area contributed by atoms with Crippen molar-refractivity contribution in [1.82, 2.24) is 20.4 Å². The van der Waals surface area contributed by atoms with Crippen LogP contribution in [0.2, 0.25) is 0 Å². The molecule has 1 aromatic carbocycles. The second-order valence-corrected chi connectivity index (χ2v) is 5.69. The SMILES string of the molecule is CN=C(NCc1ccn(-c2ccccc2)n1)NC(C)C(C)C.I. The van der Waals surface area contributed by atoms with Crippen LogP contribution in [0.4, 0.5) is 0 Å². The van der Waals surface area contributed by atoms with Crippen molar-refractivity contribution in [3.05, 3.63) is 48.3 Å². The van der Waals surface area contributed by atoms with Crippen LogP contribution in [-0.2, 0) is 6.54 Å². The third-order valence-corrected chi connectivity index (χ3v) is 3.69. The molecule has 0 saturated carbocycles. The molecular weight excluding hydrogens is 401 g/mol. The van der Waals surface area contributed by atoms with Crippen LogP contribution < -0.4 is 10.6 Å². The maximum atomic E-state index is 4.57. The molecule has 6 heteroatoms. The molecule has 0 spiro atoms. The monoisotopic (exact) mass is 427 g/mol. The first-order valence-corrected chi connectivity index (χ1v) is 7.67. The first-order chi connectivity index (χ1) is 10.6. The largest absolute Gasteiger partial charge is 0.354 e. The van der Waals surface area contributed by atoms with Crippen LogP contribution in [0.15, 0.2) is 47.6 Å². The average Bonchev–Trinajstić information content (AvgIpc) is 3.00. The third kappa shape index (κ3) is 5.85. The van der Waals surface area contributed by atoms with E-state index in [1.165, 1.54) is 0 Å². The van der Waals surface area contributed by atoms with E-state index >= 15 is 0 Å². The van der Waals surface area contributed by atoms with Crippen molar-refractivity contribution >= 4 is 29.9 Å². The van der Waals surface area contributed by atoms with E-state index < -0.39 is 0 Å². The molecule has 2 rings (SSSR count). The standard InChI is InChI=1S/C17H25N5.HI/c1-13(2)14(3)20-17(18-4)19-12-15-10-11-22(21-15)16-8-6-5-7-9-16;/h5-11,13-14H,12H2,1-4H3,(H2,18,19,20);1H. The summed E-state index contributed by atoms with van der Waals surface area (Å²) >= 11 is 0. The van der Waals surface area contributed by atoms with Crippen LogP contribution in [0.1, 0.15) is 26.5 Å². The Balaban J connectivity index is 0.00000264. The molecule has 0 fully saturated rings. The van der Waals surface area contributed by atoms with Gasteiger partial charge < -0.3 is 10.6 Å². The van der Waals surface area contributed by atoms with E-state index in [9.17, 15) is 0 Å². The highest BCUT2D eigenvalue weighted by Gasteiger charge is 2.09. The molecule has 126 valence electrons. The van der Waals surface area contributed by atoms with E-state index in [1.807, 2.05) is 47.3 Å². The van der Waals surface area contributed by atoms with Crippen molar-refractivity contribution < 1.29 is 0 Å². The molecule has 0 saturated heterocycles. The molecule has 2 aromatic rings. The van der Waals surface area contributed by atoms with Gasteiger partial charge in [-0.25, -0.2) is 4.68 Å². The van der Waals surface area contributed by atoms with Gasteiger partial charge in [-0.2, -0.15) is 5.10 Å². The first-order valence-electron chi connectivity index (χ1n) is 7.67. The Hall–Kier alpha value is -1.57. The van der Waals surface area contributed by atoms with Crippen molar-refractivity contribution in [2.45, 2.75) is 33.4 Å². The fourth-order valence-electron chi connectivity index (χ4n) is 1.93. The van der Waals surface area contributed by atoms with Crippen molar-refractivity contribution in [2.75, 3.05) is 7.05 Å². The number of aliphatic imine (C=N–C) groups is 1. The molecule has 0 aliphatic heterocycles. The topological polar surface area (TPSA) is 54.2 Å². The Morgan fingerprint density at radius 3 is 2.48 bits per heavy atom. The van der Waals surface area contributed by atoms with Gasteiger partial charge in [-0.05, 0) is 31.0 Å². The molecule has 0 aliphatic rings. The van der Waals surface area contributed by atoms with E-state index in [0.717, 1.165) is 17.3 Å². The Morgan fingerprint density at radius 1 is 1.17 bits per heavy atom. The predicted molar refractivity (Wildman–Crippen MR) is 107 cm³/mol. The van der Waals surface area contributed by atoms with E-state index in [2.05, 4.69) is 41.5 Å². The van der Waals surface area contributed by atoms with E-state index in [0.29, 0.717) is 18.5 Å². The quantitative estimate of drug-likeness (QED) is 0.438. The van der Waals surface area contributed by atoms with Crippen LogP contribution in [0.25, 0.3) is 5.69 Å². The Kier molecular flexibility index (Phi) is 8.08. The molecule has 1 heterocycles. The van der Waals surface area contributed by atoms with Gasteiger partial charge >= 0.3 is 0 Å². The summed E-state index contributed by atoms with van der Waals surface area (Å²) in [6.45, 7) is 7.17. The first kappa shape index (κ1) is 19.5. The number of rotatable bonds is 5. The molecule has 0 radical (unpaired) electrons. The highest BCUT2D eigenvalue weighted by atomic mass is 127. The van der Waals surface area contributed by atoms with Gasteiger partial charge in [0.1, 0.15) is 0 Å². The van der Waals surface area contributed by atoms with Gasteiger partial charge in [-0.3, -0.25) is 4.99 Å². The molecule has 1 unspecified atom stereocenters. The van der Waals surface area contributed by atoms with Gasteiger partial charge in [-0.15, -0.1) is 24.0 Å². The number of para-hydroxylation sites is 1. The summed E-state index contributed by atoms with van der Waals surface area (Å²) in [4.78, 5) is 4.25. The minimum absolute atomic E-state index is 0. The van der Waals surface area contributed by atoms with Crippen LogP contribution in [0, 0.1) is 5.92 Å². The number of benzene rings is 1. The minimum atomic E-state index is 0. The van der Waals surface area contributed by atoms with Gasteiger partial charge in [0.15, 0.2) is 5.96 Å². The van der Waals surface area contributed by atoms with Crippen LogP contribution in [-0.4, -0.2) is 28.8 Å².